The van der Waals surface area contributed by atoms with Crippen molar-refractivity contribution in [3.8, 4) is 0 Å². The topological polar surface area (TPSA) is 46.5 Å². The predicted molar refractivity (Wildman–Crippen MR) is 35.4 cm³/mol. The van der Waals surface area contributed by atoms with Gasteiger partial charge < -0.3 is 9.84 Å². The molecule has 10 heavy (non-hydrogen) atoms. The molecule has 1 aliphatic carbocycles. The van der Waals surface area contributed by atoms with Gasteiger partial charge in [-0.1, -0.05) is 0 Å². The van der Waals surface area contributed by atoms with Crippen LogP contribution in [0.25, 0.3) is 0 Å². The Morgan fingerprint density at radius 2 is 2.30 bits per heavy atom. The van der Waals surface area contributed by atoms with Crippen molar-refractivity contribution in [3.05, 3.63) is 0 Å². The van der Waals surface area contributed by atoms with Crippen LogP contribution in [0.4, 0.5) is 0 Å². The summed E-state index contributed by atoms with van der Waals surface area (Å²) in [5.74, 6) is 0.194. The number of rotatable bonds is 2. The Morgan fingerprint density at radius 1 is 1.70 bits per heavy atom. The van der Waals surface area contributed by atoms with Crippen LogP contribution in [-0.2, 0) is 9.53 Å². The molecule has 0 aromatic rings. The van der Waals surface area contributed by atoms with E-state index in [1.807, 2.05) is 0 Å². The van der Waals surface area contributed by atoms with Crippen molar-refractivity contribution in [2.24, 2.45) is 5.92 Å². The highest BCUT2D eigenvalue weighted by molar-refractivity contribution is 5.69. The van der Waals surface area contributed by atoms with Crippen molar-refractivity contribution in [1.29, 1.82) is 0 Å². The molecule has 0 bridgehead atoms. The predicted octanol–water partition coefficient (Wildman–Crippen LogP) is 0.320. The van der Waals surface area contributed by atoms with E-state index in [4.69, 9.17) is 5.11 Å². The molecule has 0 aromatic heterocycles. The Kier molecular flexibility index (Phi) is 2.27. The van der Waals surface area contributed by atoms with Crippen LogP contribution in [0.1, 0.15) is 19.3 Å². The summed E-state index contributed by atoms with van der Waals surface area (Å²) in [6.45, 7) is 0. The number of carbonyl (C=O) groups excluding carboxylic acids is 1. The van der Waals surface area contributed by atoms with E-state index in [0.717, 1.165) is 12.8 Å². The van der Waals surface area contributed by atoms with Crippen molar-refractivity contribution >= 4 is 5.97 Å². The Hall–Kier alpha value is -0.570. The molecule has 3 nitrogen and oxygen atoms in total. The van der Waals surface area contributed by atoms with Gasteiger partial charge in [0.05, 0.1) is 13.2 Å². The Morgan fingerprint density at radius 3 is 2.70 bits per heavy atom. The Balaban J connectivity index is 2.10. The van der Waals surface area contributed by atoms with Crippen molar-refractivity contribution in [2.45, 2.75) is 25.4 Å². The first kappa shape index (κ1) is 7.54. The number of aliphatic hydroxyl groups excluding tert-OH is 1. The quantitative estimate of drug-likeness (QED) is 0.568. The third-order valence-corrected chi connectivity index (χ3v) is 1.89. The maximum Gasteiger partial charge on any atom is 0.305 e. The molecule has 0 unspecified atom stereocenters. The molecule has 1 N–H and O–H groups in total. The van der Waals surface area contributed by atoms with Crippen LogP contribution in [-0.4, -0.2) is 24.3 Å². The van der Waals surface area contributed by atoms with Crippen molar-refractivity contribution in [3.63, 3.8) is 0 Å². The highest BCUT2D eigenvalue weighted by Crippen LogP contribution is 2.29. The molecule has 0 atom stereocenters. The Bertz CT molecular complexity index is 127. The second-order valence-electron chi connectivity index (χ2n) is 2.77. The average molecular weight is 144 g/mol. The van der Waals surface area contributed by atoms with E-state index in [2.05, 4.69) is 4.74 Å². The van der Waals surface area contributed by atoms with Crippen LogP contribution >= 0.6 is 0 Å². The molecule has 0 amide bonds. The standard InChI is InChI=1S/C7H12O3/c1-10-7(9)4-5-2-6(8)3-5/h5-6,8H,2-4H2,1H3/t5-,6-. The van der Waals surface area contributed by atoms with Gasteiger partial charge in [-0.15, -0.1) is 0 Å². The van der Waals surface area contributed by atoms with Crippen molar-refractivity contribution < 1.29 is 14.6 Å². The van der Waals surface area contributed by atoms with E-state index < -0.39 is 0 Å². The van der Waals surface area contributed by atoms with Gasteiger partial charge in [0.2, 0.25) is 0 Å². The van der Waals surface area contributed by atoms with Crippen LogP contribution in [0.5, 0.6) is 0 Å². The first-order valence-corrected chi connectivity index (χ1v) is 3.47. The summed E-state index contributed by atoms with van der Waals surface area (Å²) < 4.78 is 4.47. The maximum absolute atomic E-state index is 10.6. The molecule has 58 valence electrons. The summed E-state index contributed by atoms with van der Waals surface area (Å²) in [4.78, 5) is 10.6. The first-order valence-electron chi connectivity index (χ1n) is 3.47. The van der Waals surface area contributed by atoms with E-state index in [1.165, 1.54) is 7.11 Å². The molecule has 0 spiro atoms. The van der Waals surface area contributed by atoms with E-state index in [0.29, 0.717) is 12.3 Å². The average Bonchev–Trinajstić information content (AvgIpc) is 1.84. The number of hydrogen-bond donors (Lipinski definition) is 1. The lowest BCUT2D eigenvalue weighted by molar-refractivity contribution is -0.143. The summed E-state index contributed by atoms with van der Waals surface area (Å²) in [7, 11) is 1.39. The molecule has 1 fully saturated rings. The van der Waals surface area contributed by atoms with Crippen LogP contribution in [0.3, 0.4) is 0 Å². The normalized spacial score (nSPS) is 31.0. The molecular formula is C7H12O3. The van der Waals surface area contributed by atoms with Gasteiger partial charge in [-0.25, -0.2) is 0 Å². The van der Waals surface area contributed by atoms with E-state index in [9.17, 15) is 4.79 Å². The molecule has 0 heterocycles. The molecule has 1 rings (SSSR count). The zero-order chi connectivity index (χ0) is 7.56. The fraction of sp³-hybridized carbons (Fsp3) is 0.857. The SMILES string of the molecule is COC(=O)C[C@H]1C[C@H](O)C1. The number of aliphatic hydroxyl groups is 1. The minimum Gasteiger partial charge on any atom is -0.469 e. The molecular weight excluding hydrogens is 132 g/mol. The number of carbonyl (C=O) groups is 1. The molecule has 0 saturated heterocycles. The zero-order valence-electron chi connectivity index (χ0n) is 6.04. The summed E-state index contributed by atoms with van der Waals surface area (Å²) in [6.07, 6.45) is 1.81. The lowest BCUT2D eigenvalue weighted by Crippen LogP contribution is -2.30. The van der Waals surface area contributed by atoms with Crippen LogP contribution < -0.4 is 0 Å². The van der Waals surface area contributed by atoms with Crippen LogP contribution in [0.2, 0.25) is 0 Å². The maximum atomic E-state index is 10.6. The van der Waals surface area contributed by atoms with Gasteiger partial charge in [-0.3, -0.25) is 4.79 Å². The number of methoxy groups -OCH3 is 1. The van der Waals surface area contributed by atoms with Crippen molar-refractivity contribution in [2.75, 3.05) is 7.11 Å². The fourth-order valence-electron chi connectivity index (χ4n) is 1.19. The smallest absolute Gasteiger partial charge is 0.305 e. The number of hydrogen-bond acceptors (Lipinski definition) is 3. The molecule has 3 heteroatoms. The van der Waals surface area contributed by atoms with Gasteiger partial charge in [0.25, 0.3) is 0 Å². The number of esters is 1. The fourth-order valence-corrected chi connectivity index (χ4v) is 1.19. The minimum absolute atomic E-state index is 0.170. The highest BCUT2D eigenvalue weighted by Gasteiger charge is 2.28. The van der Waals surface area contributed by atoms with Gasteiger partial charge >= 0.3 is 5.97 Å². The van der Waals surface area contributed by atoms with Gasteiger partial charge in [0, 0.05) is 6.42 Å². The summed E-state index contributed by atoms with van der Waals surface area (Å²) in [6, 6.07) is 0. The molecule has 0 radical (unpaired) electrons. The van der Waals surface area contributed by atoms with E-state index in [-0.39, 0.29) is 12.1 Å². The molecule has 1 aliphatic rings. The second-order valence-corrected chi connectivity index (χ2v) is 2.77. The van der Waals surface area contributed by atoms with E-state index >= 15 is 0 Å². The van der Waals surface area contributed by atoms with Crippen LogP contribution in [0, 0.1) is 5.92 Å². The highest BCUT2D eigenvalue weighted by atomic mass is 16.5. The molecule has 1 saturated carbocycles. The number of ether oxygens (including phenoxy) is 1. The van der Waals surface area contributed by atoms with Gasteiger partial charge in [-0.05, 0) is 18.8 Å². The largest absolute Gasteiger partial charge is 0.469 e. The lowest BCUT2D eigenvalue weighted by atomic mass is 9.80. The van der Waals surface area contributed by atoms with Gasteiger partial charge in [0.15, 0.2) is 0 Å². The molecule has 0 aromatic carbocycles. The second kappa shape index (κ2) is 3.01. The summed E-state index contributed by atoms with van der Waals surface area (Å²) in [5.41, 5.74) is 0. The summed E-state index contributed by atoms with van der Waals surface area (Å²) in [5, 5.41) is 8.85. The minimum atomic E-state index is -0.172. The van der Waals surface area contributed by atoms with Crippen LogP contribution in [0.15, 0.2) is 0 Å². The third kappa shape index (κ3) is 1.70. The van der Waals surface area contributed by atoms with Gasteiger partial charge in [-0.2, -0.15) is 0 Å². The molecule has 0 aliphatic heterocycles. The first-order chi connectivity index (χ1) is 4.72. The van der Waals surface area contributed by atoms with Gasteiger partial charge in [0.1, 0.15) is 0 Å². The third-order valence-electron chi connectivity index (χ3n) is 1.89. The van der Waals surface area contributed by atoms with E-state index in [1.54, 1.807) is 0 Å². The van der Waals surface area contributed by atoms with Crippen molar-refractivity contribution in [1.82, 2.24) is 0 Å². The zero-order valence-corrected chi connectivity index (χ0v) is 6.04. The monoisotopic (exact) mass is 144 g/mol. The lowest BCUT2D eigenvalue weighted by Gasteiger charge is -2.30. The Labute approximate surface area is 60.0 Å². The summed E-state index contributed by atoms with van der Waals surface area (Å²) >= 11 is 0.